The van der Waals surface area contributed by atoms with Gasteiger partial charge in [0.2, 0.25) is 6.79 Å². The zero-order chi connectivity index (χ0) is 13.0. The second-order valence-electron chi connectivity index (χ2n) is 6.06. The molecule has 1 aromatic rings. The number of hydrogen-bond donors (Lipinski definition) is 1. The molecular formula is C15H19NO3. The van der Waals surface area contributed by atoms with Crippen LogP contribution in [0, 0.1) is 0 Å². The summed E-state index contributed by atoms with van der Waals surface area (Å²) < 4.78 is 10.8. The number of nitrogens with zero attached hydrogens (tertiary/aromatic N) is 1. The molecule has 2 atom stereocenters. The summed E-state index contributed by atoms with van der Waals surface area (Å²) in [5.74, 6) is 1.54. The minimum Gasteiger partial charge on any atom is -0.454 e. The van der Waals surface area contributed by atoms with Crippen LogP contribution in [0.25, 0.3) is 0 Å². The summed E-state index contributed by atoms with van der Waals surface area (Å²) in [4.78, 5) is 2.43. The highest BCUT2D eigenvalue weighted by Gasteiger charge is 2.47. The van der Waals surface area contributed by atoms with E-state index in [1.165, 1.54) is 12.8 Å². The molecule has 0 amide bonds. The van der Waals surface area contributed by atoms with Gasteiger partial charge in [-0.25, -0.2) is 0 Å². The summed E-state index contributed by atoms with van der Waals surface area (Å²) in [5, 5.41) is 11.0. The molecule has 2 saturated heterocycles. The molecule has 0 radical (unpaired) electrons. The molecule has 19 heavy (non-hydrogen) atoms. The fourth-order valence-electron chi connectivity index (χ4n) is 3.87. The minimum atomic E-state index is -0.709. The second-order valence-corrected chi connectivity index (χ2v) is 6.06. The van der Waals surface area contributed by atoms with Crippen molar-refractivity contribution in [2.45, 2.75) is 43.4 Å². The van der Waals surface area contributed by atoms with Crippen molar-refractivity contribution in [3.63, 3.8) is 0 Å². The van der Waals surface area contributed by atoms with Crippen LogP contribution in [0.4, 0.5) is 0 Å². The maximum absolute atomic E-state index is 11.0. The van der Waals surface area contributed by atoms with Gasteiger partial charge < -0.3 is 19.5 Å². The van der Waals surface area contributed by atoms with Gasteiger partial charge in [-0.05, 0) is 50.4 Å². The van der Waals surface area contributed by atoms with Crippen LogP contribution in [0.1, 0.15) is 31.2 Å². The molecule has 4 nitrogen and oxygen atoms in total. The van der Waals surface area contributed by atoms with E-state index in [0.29, 0.717) is 12.1 Å². The molecule has 4 rings (SSSR count). The Morgan fingerprint density at radius 1 is 1.16 bits per heavy atom. The maximum atomic E-state index is 11.0. The SMILES string of the molecule is CN1C2CCC1CC(O)(c1ccc3c(c1)OCO3)C2. The van der Waals surface area contributed by atoms with Crippen molar-refractivity contribution in [3.05, 3.63) is 23.8 Å². The molecule has 3 heterocycles. The summed E-state index contributed by atoms with van der Waals surface area (Å²) in [6, 6.07) is 6.87. The predicted molar refractivity (Wildman–Crippen MR) is 70.3 cm³/mol. The zero-order valence-electron chi connectivity index (χ0n) is 11.1. The highest BCUT2D eigenvalue weighted by molar-refractivity contribution is 5.46. The van der Waals surface area contributed by atoms with Crippen LogP contribution in [-0.4, -0.2) is 35.9 Å². The Morgan fingerprint density at radius 3 is 2.58 bits per heavy atom. The van der Waals surface area contributed by atoms with Gasteiger partial charge in [0.1, 0.15) is 0 Å². The van der Waals surface area contributed by atoms with E-state index in [4.69, 9.17) is 9.47 Å². The lowest BCUT2D eigenvalue weighted by Crippen LogP contribution is -2.47. The van der Waals surface area contributed by atoms with Gasteiger partial charge >= 0.3 is 0 Å². The van der Waals surface area contributed by atoms with Crippen LogP contribution in [0.3, 0.4) is 0 Å². The molecule has 1 aromatic carbocycles. The Morgan fingerprint density at radius 2 is 1.84 bits per heavy atom. The highest BCUT2D eigenvalue weighted by Crippen LogP contribution is 2.46. The molecule has 0 saturated carbocycles. The van der Waals surface area contributed by atoms with Gasteiger partial charge in [-0.15, -0.1) is 0 Å². The molecule has 3 aliphatic rings. The lowest BCUT2D eigenvalue weighted by Gasteiger charge is -2.42. The lowest BCUT2D eigenvalue weighted by molar-refractivity contribution is -0.0494. The first kappa shape index (κ1) is 11.6. The molecule has 2 bridgehead atoms. The minimum absolute atomic E-state index is 0.283. The van der Waals surface area contributed by atoms with E-state index in [9.17, 15) is 5.11 Å². The second kappa shape index (κ2) is 3.87. The molecule has 1 N–H and O–H groups in total. The van der Waals surface area contributed by atoms with E-state index in [2.05, 4.69) is 11.9 Å². The van der Waals surface area contributed by atoms with Crippen molar-refractivity contribution in [1.29, 1.82) is 0 Å². The normalized spacial score (nSPS) is 36.7. The number of rotatable bonds is 1. The van der Waals surface area contributed by atoms with Crippen molar-refractivity contribution >= 4 is 0 Å². The monoisotopic (exact) mass is 261 g/mol. The van der Waals surface area contributed by atoms with Gasteiger partial charge in [0.15, 0.2) is 11.5 Å². The Balaban J connectivity index is 1.68. The summed E-state index contributed by atoms with van der Waals surface area (Å²) >= 11 is 0. The summed E-state index contributed by atoms with van der Waals surface area (Å²) in [7, 11) is 2.18. The van der Waals surface area contributed by atoms with Crippen molar-refractivity contribution in [1.82, 2.24) is 4.90 Å². The standard InChI is InChI=1S/C15H19NO3/c1-16-11-3-4-12(16)8-15(17,7-11)10-2-5-13-14(6-10)19-9-18-13/h2,5-6,11-12,17H,3-4,7-9H2,1H3. The van der Waals surface area contributed by atoms with Gasteiger partial charge in [0.05, 0.1) is 5.60 Å². The maximum Gasteiger partial charge on any atom is 0.231 e. The molecule has 2 unspecified atom stereocenters. The third-order valence-electron chi connectivity index (χ3n) is 5.04. The number of fused-ring (bicyclic) bond motifs is 3. The van der Waals surface area contributed by atoms with E-state index in [1.54, 1.807) is 0 Å². The molecule has 0 spiro atoms. The molecule has 3 aliphatic heterocycles. The van der Waals surface area contributed by atoms with Crippen LogP contribution >= 0.6 is 0 Å². The Bertz CT molecular complexity index is 502. The van der Waals surface area contributed by atoms with Gasteiger partial charge in [0.25, 0.3) is 0 Å². The summed E-state index contributed by atoms with van der Waals surface area (Å²) in [6.45, 7) is 0.283. The summed E-state index contributed by atoms with van der Waals surface area (Å²) in [6.07, 6.45) is 4.04. The first-order valence-corrected chi connectivity index (χ1v) is 7.00. The fraction of sp³-hybridized carbons (Fsp3) is 0.600. The molecule has 102 valence electrons. The average Bonchev–Trinajstić information content (AvgIpc) is 2.94. The molecule has 4 heteroatoms. The van der Waals surface area contributed by atoms with Gasteiger partial charge in [-0.3, -0.25) is 0 Å². The third-order valence-corrected chi connectivity index (χ3v) is 5.04. The van der Waals surface area contributed by atoms with E-state index in [-0.39, 0.29) is 6.79 Å². The van der Waals surface area contributed by atoms with Gasteiger partial charge in [-0.2, -0.15) is 0 Å². The van der Waals surface area contributed by atoms with Crippen molar-refractivity contribution in [3.8, 4) is 11.5 Å². The number of aliphatic hydroxyl groups is 1. The van der Waals surface area contributed by atoms with E-state index >= 15 is 0 Å². The van der Waals surface area contributed by atoms with Crippen molar-refractivity contribution in [2.75, 3.05) is 13.8 Å². The lowest BCUT2D eigenvalue weighted by atomic mass is 9.80. The fourth-order valence-corrected chi connectivity index (χ4v) is 3.87. The predicted octanol–water partition coefficient (Wildman–Crippen LogP) is 1.86. The number of ether oxygens (including phenoxy) is 2. The largest absolute Gasteiger partial charge is 0.454 e. The quantitative estimate of drug-likeness (QED) is 0.838. The molecule has 0 aromatic heterocycles. The van der Waals surface area contributed by atoms with E-state index in [1.807, 2.05) is 18.2 Å². The number of hydrogen-bond acceptors (Lipinski definition) is 4. The molecule has 0 aliphatic carbocycles. The van der Waals surface area contributed by atoms with E-state index in [0.717, 1.165) is 29.9 Å². The van der Waals surface area contributed by atoms with Crippen molar-refractivity contribution in [2.24, 2.45) is 0 Å². The number of benzene rings is 1. The van der Waals surface area contributed by atoms with Crippen molar-refractivity contribution < 1.29 is 14.6 Å². The first-order valence-electron chi connectivity index (χ1n) is 7.00. The van der Waals surface area contributed by atoms with Crippen LogP contribution in [0.15, 0.2) is 18.2 Å². The highest BCUT2D eigenvalue weighted by atomic mass is 16.7. The zero-order valence-corrected chi connectivity index (χ0v) is 11.1. The van der Waals surface area contributed by atoms with Crippen LogP contribution < -0.4 is 9.47 Å². The summed E-state index contributed by atoms with van der Waals surface area (Å²) in [5.41, 5.74) is 0.265. The van der Waals surface area contributed by atoms with Crippen LogP contribution in [0.5, 0.6) is 11.5 Å². The average molecular weight is 261 g/mol. The third kappa shape index (κ3) is 1.66. The Kier molecular flexibility index (Phi) is 2.35. The molecular weight excluding hydrogens is 242 g/mol. The van der Waals surface area contributed by atoms with Gasteiger partial charge in [0, 0.05) is 12.1 Å². The smallest absolute Gasteiger partial charge is 0.231 e. The first-order chi connectivity index (χ1) is 9.16. The Hall–Kier alpha value is -1.26. The molecule has 2 fully saturated rings. The van der Waals surface area contributed by atoms with Crippen LogP contribution in [0.2, 0.25) is 0 Å². The van der Waals surface area contributed by atoms with Gasteiger partial charge in [-0.1, -0.05) is 6.07 Å². The Labute approximate surface area is 112 Å². The van der Waals surface area contributed by atoms with Crippen LogP contribution in [-0.2, 0) is 5.60 Å². The van der Waals surface area contributed by atoms with E-state index < -0.39 is 5.60 Å². The topological polar surface area (TPSA) is 41.9 Å². The number of piperidine rings is 1.